The normalized spacial score (nSPS) is 19.2. The summed E-state index contributed by atoms with van der Waals surface area (Å²) >= 11 is 0. The Morgan fingerprint density at radius 3 is 2.62 bits per heavy atom. The zero-order valence-electron chi connectivity index (χ0n) is 13.5. The number of ether oxygens (including phenoxy) is 1. The van der Waals surface area contributed by atoms with E-state index in [1.807, 2.05) is 12.1 Å². The Kier molecular flexibility index (Phi) is 5.54. The molecule has 0 aliphatic carbocycles. The molecule has 0 radical (unpaired) electrons. The van der Waals surface area contributed by atoms with Gasteiger partial charge in [-0.15, -0.1) is 0 Å². The zero-order chi connectivity index (χ0) is 15.3. The highest BCUT2D eigenvalue weighted by Crippen LogP contribution is 2.26. The van der Waals surface area contributed by atoms with E-state index in [1.54, 1.807) is 0 Å². The molecule has 1 aliphatic rings. The largest absolute Gasteiger partial charge is 0.379 e. The van der Waals surface area contributed by atoms with Gasteiger partial charge in [0.15, 0.2) is 5.78 Å². The van der Waals surface area contributed by atoms with Crippen molar-refractivity contribution in [2.75, 3.05) is 26.3 Å². The van der Waals surface area contributed by atoms with E-state index in [4.69, 9.17) is 4.74 Å². The highest BCUT2D eigenvalue weighted by Gasteiger charge is 2.38. The SMILES string of the molecule is CCCc1cccc(C(=O)C(C)(CC)N2CCOCC2)c1. The number of hydrogen-bond acceptors (Lipinski definition) is 3. The molecule has 1 unspecified atom stereocenters. The molecule has 21 heavy (non-hydrogen) atoms. The van der Waals surface area contributed by atoms with Crippen molar-refractivity contribution in [1.82, 2.24) is 4.90 Å². The third-order valence-electron chi connectivity index (χ3n) is 4.61. The minimum atomic E-state index is -0.422. The van der Waals surface area contributed by atoms with Gasteiger partial charge in [-0.25, -0.2) is 0 Å². The molecule has 0 N–H and O–H groups in total. The van der Waals surface area contributed by atoms with Crippen molar-refractivity contribution in [3.05, 3.63) is 35.4 Å². The topological polar surface area (TPSA) is 29.5 Å². The quantitative estimate of drug-likeness (QED) is 0.752. The molecule has 0 amide bonds. The maximum absolute atomic E-state index is 13.1. The van der Waals surface area contributed by atoms with Crippen LogP contribution in [0, 0.1) is 0 Å². The standard InChI is InChI=1S/C18H27NO2/c1-4-7-15-8-6-9-16(14-15)17(20)18(3,5-2)19-10-12-21-13-11-19/h6,8-9,14H,4-5,7,10-13H2,1-3H3. The molecule has 1 saturated heterocycles. The molecule has 0 aromatic heterocycles. The van der Waals surface area contributed by atoms with Crippen molar-refractivity contribution in [2.24, 2.45) is 0 Å². The third-order valence-corrected chi connectivity index (χ3v) is 4.61. The number of aryl methyl sites for hydroxylation is 1. The van der Waals surface area contributed by atoms with Crippen LogP contribution in [-0.4, -0.2) is 42.5 Å². The average Bonchev–Trinajstić information content (AvgIpc) is 2.55. The van der Waals surface area contributed by atoms with Gasteiger partial charge in [0.05, 0.1) is 18.8 Å². The number of rotatable bonds is 6. The number of hydrogen-bond donors (Lipinski definition) is 0. The van der Waals surface area contributed by atoms with Crippen molar-refractivity contribution in [3.63, 3.8) is 0 Å². The molecule has 1 heterocycles. The first-order chi connectivity index (χ1) is 10.1. The molecule has 0 bridgehead atoms. The molecule has 1 atom stereocenters. The van der Waals surface area contributed by atoms with Gasteiger partial charge in [-0.3, -0.25) is 9.69 Å². The van der Waals surface area contributed by atoms with Crippen molar-refractivity contribution in [2.45, 2.75) is 45.6 Å². The predicted molar refractivity (Wildman–Crippen MR) is 85.9 cm³/mol. The first-order valence-electron chi connectivity index (χ1n) is 8.08. The second kappa shape index (κ2) is 7.19. The summed E-state index contributed by atoms with van der Waals surface area (Å²) in [5.41, 5.74) is 1.68. The number of morpholine rings is 1. The number of benzene rings is 1. The summed E-state index contributed by atoms with van der Waals surface area (Å²) in [5, 5.41) is 0. The number of carbonyl (C=O) groups excluding carboxylic acids is 1. The monoisotopic (exact) mass is 289 g/mol. The zero-order valence-corrected chi connectivity index (χ0v) is 13.5. The second-order valence-corrected chi connectivity index (χ2v) is 6.01. The number of nitrogens with zero attached hydrogens (tertiary/aromatic N) is 1. The van der Waals surface area contributed by atoms with E-state index < -0.39 is 5.54 Å². The van der Waals surface area contributed by atoms with Crippen LogP contribution in [0.5, 0.6) is 0 Å². The fourth-order valence-corrected chi connectivity index (χ4v) is 3.05. The number of Topliss-reactive ketones (excluding diaryl/α,β-unsaturated/α-hetero) is 1. The fraction of sp³-hybridized carbons (Fsp3) is 0.611. The summed E-state index contributed by atoms with van der Waals surface area (Å²) < 4.78 is 5.42. The summed E-state index contributed by atoms with van der Waals surface area (Å²) in [7, 11) is 0. The first-order valence-corrected chi connectivity index (χ1v) is 8.08. The van der Waals surface area contributed by atoms with Gasteiger partial charge in [0.2, 0.25) is 0 Å². The Hall–Kier alpha value is -1.19. The lowest BCUT2D eigenvalue weighted by Crippen LogP contribution is -2.56. The molecule has 0 saturated carbocycles. The Morgan fingerprint density at radius 2 is 2.00 bits per heavy atom. The van der Waals surface area contributed by atoms with E-state index in [0.717, 1.165) is 51.1 Å². The van der Waals surface area contributed by atoms with Crippen LogP contribution >= 0.6 is 0 Å². The molecule has 116 valence electrons. The summed E-state index contributed by atoms with van der Waals surface area (Å²) in [5.74, 6) is 0.241. The van der Waals surface area contributed by atoms with Crippen LogP contribution < -0.4 is 0 Å². The highest BCUT2D eigenvalue weighted by molar-refractivity contribution is 6.03. The summed E-state index contributed by atoms with van der Waals surface area (Å²) in [6.07, 6.45) is 2.96. The van der Waals surface area contributed by atoms with E-state index in [1.165, 1.54) is 5.56 Å². The molecule has 0 spiro atoms. The molecule has 3 nitrogen and oxygen atoms in total. The van der Waals surface area contributed by atoms with E-state index in [9.17, 15) is 4.79 Å². The van der Waals surface area contributed by atoms with Gasteiger partial charge in [-0.2, -0.15) is 0 Å². The van der Waals surface area contributed by atoms with E-state index in [-0.39, 0.29) is 5.78 Å². The van der Waals surface area contributed by atoms with Gasteiger partial charge in [0.25, 0.3) is 0 Å². The minimum Gasteiger partial charge on any atom is -0.379 e. The van der Waals surface area contributed by atoms with Gasteiger partial charge in [0, 0.05) is 18.7 Å². The summed E-state index contributed by atoms with van der Waals surface area (Å²) in [6.45, 7) is 9.46. The summed E-state index contributed by atoms with van der Waals surface area (Å²) in [6, 6.07) is 8.14. The van der Waals surface area contributed by atoms with Gasteiger partial charge >= 0.3 is 0 Å². The van der Waals surface area contributed by atoms with Gasteiger partial charge in [0.1, 0.15) is 0 Å². The second-order valence-electron chi connectivity index (χ2n) is 6.01. The Morgan fingerprint density at radius 1 is 1.29 bits per heavy atom. The molecular weight excluding hydrogens is 262 g/mol. The molecule has 3 heteroatoms. The lowest BCUT2D eigenvalue weighted by molar-refractivity contribution is -0.0106. The van der Waals surface area contributed by atoms with Crippen molar-refractivity contribution in [1.29, 1.82) is 0 Å². The molecular formula is C18H27NO2. The fourth-order valence-electron chi connectivity index (χ4n) is 3.05. The van der Waals surface area contributed by atoms with Crippen molar-refractivity contribution in [3.8, 4) is 0 Å². The van der Waals surface area contributed by atoms with Gasteiger partial charge in [-0.05, 0) is 31.4 Å². The van der Waals surface area contributed by atoms with Gasteiger partial charge < -0.3 is 4.74 Å². The Balaban J connectivity index is 2.24. The third kappa shape index (κ3) is 3.53. The average molecular weight is 289 g/mol. The van der Waals surface area contributed by atoms with E-state index >= 15 is 0 Å². The van der Waals surface area contributed by atoms with Crippen LogP contribution in [0.2, 0.25) is 0 Å². The van der Waals surface area contributed by atoms with Crippen LogP contribution in [0.25, 0.3) is 0 Å². The molecule has 1 aliphatic heterocycles. The maximum Gasteiger partial charge on any atom is 0.182 e. The highest BCUT2D eigenvalue weighted by atomic mass is 16.5. The van der Waals surface area contributed by atoms with E-state index in [2.05, 4.69) is 37.8 Å². The molecule has 1 aromatic rings. The Labute approximate surface area is 128 Å². The lowest BCUT2D eigenvalue weighted by Gasteiger charge is -2.41. The Bertz CT molecular complexity index is 480. The van der Waals surface area contributed by atoms with Crippen LogP contribution in [0.3, 0.4) is 0 Å². The van der Waals surface area contributed by atoms with Crippen LogP contribution in [0.1, 0.15) is 49.5 Å². The molecule has 1 fully saturated rings. The minimum absolute atomic E-state index is 0.241. The first kappa shape index (κ1) is 16.2. The van der Waals surface area contributed by atoms with E-state index in [0.29, 0.717) is 0 Å². The molecule has 1 aromatic carbocycles. The number of ketones is 1. The predicted octanol–water partition coefficient (Wildman–Crippen LogP) is 3.32. The summed E-state index contributed by atoms with van der Waals surface area (Å²) in [4.78, 5) is 15.4. The van der Waals surface area contributed by atoms with Crippen LogP contribution in [-0.2, 0) is 11.2 Å². The van der Waals surface area contributed by atoms with Crippen molar-refractivity contribution >= 4 is 5.78 Å². The molecule has 2 rings (SSSR count). The van der Waals surface area contributed by atoms with Crippen LogP contribution in [0.15, 0.2) is 24.3 Å². The number of carbonyl (C=O) groups is 1. The smallest absolute Gasteiger partial charge is 0.182 e. The van der Waals surface area contributed by atoms with Gasteiger partial charge in [-0.1, -0.05) is 38.5 Å². The maximum atomic E-state index is 13.1. The van der Waals surface area contributed by atoms with Crippen molar-refractivity contribution < 1.29 is 9.53 Å². The lowest BCUT2D eigenvalue weighted by atomic mass is 9.85. The van der Waals surface area contributed by atoms with Crippen LogP contribution in [0.4, 0.5) is 0 Å².